The van der Waals surface area contributed by atoms with Gasteiger partial charge < -0.3 is 26.2 Å². The highest BCUT2D eigenvalue weighted by Gasteiger charge is 2.66. The number of aromatic amines is 1. The summed E-state index contributed by atoms with van der Waals surface area (Å²) in [6.07, 6.45) is 16.0. The Morgan fingerprint density at radius 2 is 1.58 bits per heavy atom. The van der Waals surface area contributed by atoms with Gasteiger partial charge in [0.05, 0.1) is 29.2 Å². The average molecular weight is 783 g/mol. The van der Waals surface area contributed by atoms with Crippen LogP contribution < -0.4 is 11.1 Å². The molecule has 314 valence electrons. The number of aromatic nitrogens is 2. The van der Waals surface area contributed by atoms with Gasteiger partial charge in [-0.2, -0.15) is 0 Å². The van der Waals surface area contributed by atoms with Crippen LogP contribution in [0.25, 0.3) is 11.0 Å². The lowest BCUT2D eigenvalue weighted by Gasteiger charge is -2.69. The number of hydrogen-bond acceptors (Lipinski definition) is 5. The van der Waals surface area contributed by atoms with Gasteiger partial charge >= 0.3 is 5.97 Å². The molecule has 1 aromatic heterocycles. The first kappa shape index (κ1) is 44.6. The molecule has 5 fully saturated rings. The van der Waals surface area contributed by atoms with E-state index >= 15 is 0 Å². The number of nitrogens with one attached hydrogen (secondary N) is 2. The number of primary amides is 1. The van der Waals surface area contributed by atoms with Crippen LogP contribution in [0, 0.1) is 51.2 Å². The molecule has 5 saturated carbocycles. The summed E-state index contributed by atoms with van der Waals surface area (Å²) in [5.74, 6) is 3.95. The minimum Gasteiger partial charge on any atom is -0.478 e. The summed E-state index contributed by atoms with van der Waals surface area (Å²) in [4.78, 5) is 27.9. The van der Waals surface area contributed by atoms with Crippen molar-refractivity contribution in [3.63, 3.8) is 0 Å². The summed E-state index contributed by atoms with van der Waals surface area (Å²) in [7, 11) is 0. The van der Waals surface area contributed by atoms with E-state index in [0.717, 1.165) is 53.5 Å². The number of aromatic carboxylic acids is 1. The van der Waals surface area contributed by atoms with E-state index in [4.69, 9.17) is 4.79 Å². The van der Waals surface area contributed by atoms with Crippen LogP contribution in [0.4, 0.5) is 0 Å². The van der Waals surface area contributed by atoms with E-state index in [1.54, 1.807) is 18.2 Å². The van der Waals surface area contributed by atoms with Gasteiger partial charge in [-0.1, -0.05) is 77.8 Å². The van der Waals surface area contributed by atoms with Crippen molar-refractivity contribution < 1.29 is 19.8 Å². The van der Waals surface area contributed by atoms with Crippen LogP contribution in [0.2, 0.25) is 0 Å². The lowest BCUT2D eigenvalue weighted by molar-refractivity contribution is -0.214. The van der Waals surface area contributed by atoms with Gasteiger partial charge in [-0.05, 0) is 165 Å². The number of nitrogens with two attached hydrogens (primary N) is 1. The fourth-order valence-corrected chi connectivity index (χ4v) is 13.5. The number of hydrogen-bond donors (Lipinski definition) is 5. The number of benzene rings is 2. The van der Waals surface area contributed by atoms with Crippen LogP contribution in [0.5, 0.6) is 0 Å². The Balaban J connectivity index is 0.000000633. The number of allylic oxidation sites excluding steroid dienone is 1. The van der Waals surface area contributed by atoms with E-state index in [1.807, 2.05) is 27.7 Å². The van der Waals surface area contributed by atoms with E-state index < -0.39 is 5.97 Å². The van der Waals surface area contributed by atoms with E-state index in [1.165, 1.54) is 87.3 Å². The van der Waals surface area contributed by atoms with Crippen LogP contribution in [0.3, 0.4) is 0 Å². The summed E-state index contributed by atoms with van der Waals surface area (Å²) in [6.45, 7) is 23.0. The van der Waals surface area contributed by atoms with Crippen molar-refractivity contribution in [2.75, 3.05) is 0 Å². The Bertz CT molecular complexity index is 1850. The minimum absolute atomic E-state index is 0.0315. The first-order valence-electron chi connectivity index (χ1n) is 22.0. The fourth-order valence-electron chi connectivity index (χ4n) is 13.5. The molecular weight excluding hydrogens is 709 g/mol. The number of imidazole rings is 1. The van der Waals surface area contributed by atoms with Crippen molar-refractivity contribution in [3.8, 4) is 0 Å². The van der Waals surface area contributed by atoms with Gasteiger partial charge in [0.2, 0.25) is 6.41 Å². The summed E-state index contributed by atoms with van der Waals surface area (Å²) in [5.41, 5.74) is 11.3. The zero-order chi connectivity index (χ0) is 41.8. The molecule has 2 aromatic carbocycles. The van der Waals surface area contributed by atoms with E-state index in [9.17, 15) is 15.0 Å². The van der Waals surface area contributed by atoms with Gasteiger partial charge in [0.15, 0.2) is 0 Å². The molecule has 3 aromatic rings. The number of carbonyl (C=O) groups excluding carboxylic acids is 1. The predicted molar refractivity (Wildman–Crippen MR) is 233 cm³/mol. The van der Waals surface area contributed by atoms with Crippen molar-refractivity contribution in [2.45, 2.75) is 152 Å². The third-order valence-electron chi connectivity index (χ3n) is 15.6. The quantitative estimate of drug-likeness (QED) is 0.119. The van der Waals surface area contributed by atoms with Gasteiger partial charge in [-0.25, -0.2) is 9.78 Å². The second kappa shape index (κ2) is 18.2. The molecule has 8 heteroatoms. The molecular formula is C49H74N4O4. The highest BCUT2D eigenvalue weighted by Crippen LogP contribution is 2.73. The van der Waals surface area contributed by atoms with Crippen molar-refractivity contribution in [1.29, 1.82) is 0 Å². The summed E-state index contributed by atoms with van der Waals surface area (Å²) in [5, 5.41) is 23.9. The molecule has 0 radical (unpaired) electrons. The number of carboxylic acid groups (broad SMARTS) is 1. The van der Waals surface area contributed by atoms with Gasteiger partial charge in [0.1, 0.15) is 5.82 Å². The summed E-state index contributed by atoms with van der Waals surface area (Å²) in [6, 6.07) is 14.3. The number of H-pyrrole nitrogens is 1. The molecule has 9 unspecified atom stereocenters. The maximum absolute atomic E-state index is 11.3. The zero-order valence-electron chi connectivity index (χ0n) is 36.4. The second-order valence-electron chi connectivity index (χ2n) is 19.4. The van der Waals surface area contributed by atoms with Crippen molar-refractivity contribution in [1.82, 2.24) is 15.3 Å². The first-order valence-corrected chi connectivity index (χ1v) is 22.0. The number of fused-ring (bicyclic) bond motifs is 8. The van der Waals surface area contributed by atoms with Crippen LogP contribution in [-0.4, -0.2) is 38.7 Å². The van der Waals surface area contributed by atoms with Gasteiger partial charge in [0, 0.05) is 6.54 Å². The van der Waals surface area contributed by atoms with Crippen LogP contribution >= 0.6 is 0 Å². The lowest BCUT2D eigenvalue weighted by atomic mass is 9.36. The number of amides is 1. The third-order valence-corrected chi connectivity index (χ3v) is 15.6. The molecule has 0 spiro atoms. The molecule has 1 heterocycles. The van der Waals surface area contributed by atoms with Gasteiger partial charge in [-0.15, -0.1) is 6.58 Å². The monoisotopic (exact) mass is 783 g/mol. The maximum atomic E-state index is 11.3. The Hall–Kier alpha value is -3.49. The first-order chi connectivity index (χ1) is 27.1. The van der Waals surface area contributed by atoms with E-state index in [2.05, 4.69) is 79.6 Å². The Morgan fingerprint density at radius 1 is 0.895 bits per heavy atom. The summed E-state index contributed by atoms with van der Waals surface area (Å²) >= 11 is 0. The molecule has 8 rings (SSSR count). The number of rotatable bonds is 7. The number of carboxylic acids is 1. The second-order valence-corrected chi connectivity index (χ2v) is 19.4. The van der Waals surface area contributed by atoms with Crippen LogP contribution in [0.1, 0.15) is 153 Å². The maximum Gasteiger partial charge on any atom is 0.335 e. The van der Waals surface area contributed by atoms with Crippen molar-refractivity contribution >= 4 is 23.4 Å². The lowest BCUT2D eigenvalue weighted by Crippen LogP contribution is -2.63. The summed E-state index contributed by atoms with van der Waals surface area (Å²) < 4.78 is 0. The number of aliphatic hydroxyl groups excluding tert-OH is 1. The molecule has 0 saturated heterocycles. The van der Waals surface area contributed by atoms with Crippen LogP contribution in [-0.2, 0) is 24.3 Å². The molecule has 57 heavy (non-hydrogen) atoms. The van der Waals surface area contributed by atoms with Crippen molar-refractivity contribution in [2.24, 2.45) is 57.0 Å². The standard InChI is InChI=1S/C42H57N3O3.C4H8.C2H6.CH3NO/c1-39(2)34-15-18-40(3)30-14-20-42(17-6-9-31(42)29(30)11-13-35(40)41(34,4)19-16-36(39)46)23-26-7-5-8-27(21-26)24-43-25-37-44-32-12-10-28(38(47)48)22-33(32)45-37;1-4(2)3;1-2;2-1-3/h5,7-8,10,12,21-22,29-31,34-36,43,46H,6,9,11,13-20,23-25H2,1-4H3,(H,44,45)(H,47,48);1H2,2-3H3;1-2H3;1H,(H2,2,3). The van der Waals surface area contributed by atoms with Gasteiger partial charge in [-0.3, -0.25) is 4.79 Å². The number of aliphatic hydroxyl groups is 1. The number of carbonyl (C=O) groups is 2. The normalized spacial score (nSPS) is 33.2. The Labute approximate surface area is 343 Å². The Kier molecular flexibility index (Phi) is 14.2. The minimum atomic E-state index is -0.924. The topological polar surface area (TPSA) is 141 Å². The SMILES string of the molecule is C=C(C)C.CC.CC1(C)C(O)CCC2(C)C1CCC1(C)C3CCC4(Cc5cccc(CNCc6nc7ccc(C(=O)O)cc7[nH]6)c5)CCCC4C3CCC12.NC=O. The highest BCUT2D eigenvalue weighted by atomic mass is 16.4. The molecule has 0 aliphatic heterocycles. The molecule has 0 bridgehead atoms. The smallest absolute Gasteiger partial charge is 0.335 e. The van der Waals surface area contributed by atoms with Crippen molar-refractivity contribution in [3.05, 3.63) is 77.1 Å². The van der Waals surface area contributed by atoms with E-state index in [-0.39, 0.29) is 23.5 Å². The predicted octanol–water partition coefficient (Wildman–Crippen LogP) is 10.6. The molecule has 5 aliphatic rings. The fraction of sp³-hybridized carbons (Fsp3) is 0.653. The molecule has 1 amide bonds. The molecule has 8 nitrogen and oxygen atoms in total. The number of nitrogens with zero attached hydrogens (tertiary/aromatic N) is 1. The third kappa shape index (κ3) is 8.93. The average Bonchev–Trinajstić information content (AvgIpc) is 3.78. The van der Waals surface area contributed by atoms with Gasteiger partial charge in [0.25, 0.3) is 0 Å². The molecule has 6 N–H and O–H groups in total. The van der Waals surface area contributed by atoms with E-state index in [0.29, 0.717) is 28.7 Å². The Morgan fingerprint density at radius 3 is 2.28 bits per heavy atom. The molecule has 5 aliphatic carbocycles. The molecule has 9 atom stereocenters. The zero-order valence-corrected chi connectivity index (χ0v) is 36.4. The largest absolute Gasteiger partial charge is 0.478 e. The van der Waals surface area contributed by atoms with Crippen LogP contribution in [0.15, 0.2) is 54.6 Å². The highest BCUT2D eigenvalue weighted by molar-refractivity contribution is 5.92.